The van der Waals surface area contributed by atoms with Crippen LogP contribution in [0.3, 0.4) is 0 Å². The zero-order chi connectivity index (χ0) is 17.3. The van der Waals surface area contributed by atoms with Gasteiger partial charge in [-0.3, -0.25) is 9.59 Å². The second-order valence-electron chi connectivity index (χ2n) is 5.61. The minimum absolute atomic E-state index is 0.0265. The summed E-state index contributed by atoms with van der Waals surface area (Å²) in [4.78, 5) is 40.3. The van der Waals surface area contributed by atoms with Crippen molar-refractivity contribution in [2.24, 2.45) is 5.73 Å². The van der Waals surface area contributed by atoms with Crippen molar-refractivity contribution in [1.82, 2.24) is 9.88 Å². The molecule has 1 aromatic rings. The van der Waals surface area contributed by atoms with Crippen LogP contribution in [0.15, 0.2) is 0 Å². The van der Waals surface area contributed by atoms with Crippen molar-refractivity contribution in [3.05, 3.63) is 22.5 Å². The first-order valence-electron chi connectivity index (χ1n) is 7.42. The van der Waals surface area contributed by atoms with Crippen LogP contribution in [-0.2, 0) is 9.53 Å². The van der Waals surface area contributed by atoms with Gasteiger partial charge in [-0.25, -0.2) is 4.79 Å². The number of hydrogen-bond donors (Lipinski definition) is 3. The number of primary amides is 1. The molecule has 126 valence electrons. The molecule has 0 bridgehead atoms. The van der Waals surface area contributed by atoms with Gasteiger partial charge in [-0.15, -0.1) is 0 Å². The molecule has 2 heterocycles. The van der Waals surface area contributed by atoms with Crippen molar-refractivity contribution in [2.75, 3.05) is 13.2 Å². The summed E-state index contributed by atoms with van der Waals surface area (Å²) < 4.78 is 4.99. The number of H-pyrrole nitrogens is 1. The summed E-state index contributed by atoms with van der Waals surface area (Å²) in [7, 11) is 0. The standard InChI is InChI=1S/C15H21N3O5/c1-4-23-15(22)11-7(2)12(17-8(11)3)14(21)18-6-9(19)5-10(18)13(16)20/h9-10,17,19H,4-6H2,1-3H3,(H2,16,20)/t9-,10+/m1/s1. The summed E-state index contributed by atoms with van der Waals surface area (Å²) in [6, 6.07) is -0.855. The Bertz CT molecular complexity index is 652. The summed E-state index contributed by atoms with van der Waals surface area (Å²) >= 11 is 0. The number of carbonyl (C=O) groups excluding carboxylic acids is 3. The van der Waals surface area contributed by atoms with Crippen LogP contribution in [0.25, 0.3) is 0 Å². The van der Waals surface area contributed by atoms with Crippen molar-refractivity contribution in [3.8, 4) is 0 Å². The third-order valence-electron chi connectivity index (χ3n) is 4.00. The average Bonchev–Trinajstić information content (AvgIpc) is 2.99. The van der Waals surface area contributed by atoms with Gasteiger partial charge in [0.25, 0.3) is 5.91 Å². The van der Waals surface area contributed by atoms with Gasteiger partial charge in [0.2, 0.25) is 5.91 Å². The highest BCUT2D eigenvalue weighted by atomic mass is 16.5. The first-order valence-corrected chi connectivity index (χ1v) is 7.42. The van der Waals surface area contributed by atoms with Crippen molar-refractivity contribution in [2.45, 2.75) is 39.3 Å². The maximum absolute atomic E-state index is 12.7. The van der Waals surface area contributed by atoms with Gasteiger partial charge >= 0.3 is 5.97 Å². The maximum Gasteiger partial charge on any atom is 0.340 e. The Hall–Kier alpha value is -2.35. The van der Waals surface area contributed by atoms with E-state index in [2.05, 4.69) is 4.98 Å². The van der Waals surface area contributed by atoms with Crippen molar-refractivity contribution < 1.29 is 24.2 Å². The van der Waals surface area contributed by atoms with E-state index in [9.17, 15) is 19.5 Å². The number of likely N-dealkylation sites (tertiary alicyclic amines) is 1. The number of ether oxygens (including phenoxy) is 1. The second kappa shape index (κ2) is 6.41. The lowest BCUT2D eigenvalue weighted by atomic mass is 10.1. The number of aromatic amines is 1. The third-order valence-corrected chi connectivity index (χ3v) is 4.00. The molecule has 2 rings (SSSR count). The van der Waals surface area contributed by atoms with Crippen molar-refractivity contribution in [1.29, 1.82) is 0 Å². The van der Waals surface area contributed by atoms with Crippen LogP contribution in [-0.4, -0.2) is 58.1 Å². The van der Waals surface area contributed by atoms with E-state index in [1.54, 1.807) is 20.8 Å². The Morgan fingerprint density at radius 3 is 2.61 bits per heavy atom. The van der Waals surface area contributed by atoms with Gasteiger partial charge < -0.3 is 25.5 Å². The molecule has 1 fully saturated rings. The topological polar surface area (TPSA) is 126 Å². The minimum Gasteiger partial charge on any atom is -0.462 e. The molecule has 0 aromatic carbocycles. The predicted octanol–water partition coefficient (Wildman–Crippen LogP) is -0.131. The van der Waals surface area contributed by atoms with E-state index < -0.39 is 29.9 Å². The van der Waals surface area contributed by atoms with Crippen LogP contribution in [0.1, 0.15) is 45.4 Å². The molecule has 0 saturated carbocycles. The van der Waals surface area contributed by atoms with Gasteiger partial charge in [-0.1, -0.05) is 0 Å². The largest absolute Gasteiger partial charge is 0.462 e. The second-order valence-corrected chi connectivity index (χ2v) is 5.61. The molecule has 1 aliphatic rings. The Labute approximate surface area is 133 Å². The molecule has 2 atom stereocenters. The summed E-state index contributed by atoms with van der Waals surface area (Å²) in [5, 5.41) is 9.72. The SMILES string of the molecule is CCOC(=O)c1c(C)[nH]c(C(=O)N2C[C@H](O)C[C@H]2C(N)=O)c1C. The monoisotopic (exact) mass is 323 g/mol. The molecular formula is C15H21N3O5. The minimum atomic E-state index is -0.855. The number of nitrogens with one attached hydrogen (secondary N) is 1. The molecule has 4 N–H and O–H groups in total. The van der Waals surface area contributed by atoms with Gasteiger partial charge in [0.15, 0.2) is 0 Å². The van der Waals surface area contributed by atoms with Crippen LogP contribution < -0.4 is 5.73 Å². The zero-order valence-corrected chi connectivity index (χ0v) is 13.4. The number of aliphatic hydroxyl groups is 1. The number of rotatable bonds is 4. The van der Waals surface area contributed by atoms with Crippen molar-refractivity contribution in [3.63, 3.8) is 0 Å². The number of aryl methyl sites for hydroxylation is 1. The Morgan fingerprint density at radius 1 is 1.39 bits per heavy atom. The maximum atomic E-state index is 12.7. The molecule has 1 aromatic heterocycles. The van der Waals surface area contributed by atoms with Gasteiger partial charge in [-0.05, 0) is 26.3 Å². The van der Waals surface area contributed by atoms with Crippen LogP contribution in [0, 0.1) is 13.8 Å². The quantitative estimate of drug-likeness (QED) is 0.665. The lowest BCUT2D eigenvalue weighted by Crippen LogP contribution is -2.44. The molecule has 0 aliphatic carbocycles. The van der Waals surface area contributed by atoms with E-state index >= 15 is 0 Å². The number of nitrogens with zero attached hydrogens (tertiary/aromatic N) is 1. The Balaban J connectivity index is 2.35. The number of amides is 2. The van der Waals surface area contributed by atoms with E-state index in [1.165, 1.54) is 4.90 Å². The van der Waals surface area contributed by atoms with Gasteiger partial charge in [0.05, 0.1) is 18.3 Å². The number of esters is 1. The number of β-amino-alcohol motifs (C(OH)–C–C–N with tert-alkyl or cyclic N) is 1. The molecule has 0 unspecified atom stereocenters. The zero-order valence-electron chi connectivity index (χ0n) is 13.4. The molecule has 1 aliphatic heterocycles. The van der Waals surface area contributed by atoms with Crippen LogP contribution in [0.5, 0.6) is 0 Å². The highest BCUT2D eigenvalue weighted by Crippen LogP contribution is 2.25. The predicted molar refractivity (Wildman–Crippen MR) is 80.9 cm³/mol. The highest BCUT2D eigenvalue weighted by molar-refractivity contribution is 6.02. The average molecular weight is 323 g/mol. The number of aliphatic hydroxyl groups excluding tert-OH is 1. The van der Waals surface area contributed by atoms with E-state index in [0.29, 0.717) is 16.8 Å². The molecule has 8 heteroatoms. The highest BCUT2D eigenvalue weighted by Gasteiger charge is 2.39. The lowest BCUT2D eigenvalue weighted by Gasteiger charge is -2.21. The van der Waals surface area contributed by atoms with E-state index in [1.807, 2.05) is 0 Å². The smallest absolute Gasteiger partial charge is 0.340 e. The molecule has 1 saturated heterocycles. The van der Waals surface area contributed by atoms with E-state index in [-0.39, 0.29) is 25.3 Å². The van der Waals surface area contributed by atoms with Crippen LogP contribution in [0.4, 0.5) is 0 Å². The normalized spacial score (nSPS) is 20.6. The molecule has 0 spiro atoms. The van der Waals surface area contributed by atoms with E-state index in [0.717, 1.165) is 0 Å². The van der Waals surface area contributed by atoms with Crippen LogP contribution in [0.2, 0.25) is 0 Å². The van der Waals surface area contributed by atoms with Gasteiger partial charge in [-0.2, -0.15) is 0 Å². The van der Waals surface area contributed by atoms with E-state index in [4.69, 9.17) is 10.5 Å². The molecule has 0 radical (unpaired) electrons. The van der Waals surface area contributed by atoms with Gasteiger partial charge in [0, 0.05) is 18.7 Å². The first kappa shape index (κ1) is 17.0. The molecule has 8 nitrogen and oxygen atoms in total. The summed E-state index contributed by atoms with van der Waals surface area (Å²) in [6.45, 7) is 5.26. The summed E-state index contributed by atoms with van der Waals surface area (Å²) in [5.74, 6) is -1.64. The first-order chi connectivity index (χ1) is 10.8. The fourth-order valence-electron chi connectivity index (χ4n) is 2.92. The molecule has 2 amide bonds. The number of carbonyl (C=O) groups is 3. The molecule has 23 heavy (non-hydrogen) atoms. The third kappa shape index (κ3) is 3.07. The number of hydrogen-bond acceptors (Lipinski definition) is 5. The summed E-state index contributed by atoms with van der Waals surface area (Å²) in [6.07, 6.45) is -0.679. The number of aromatic nitrogens is 1. The fraction of sp³-hybridized carbons (Fsp3) is 0.533. The van der Waals surface area contributed by atoms with Crippen molar-refractivity contribution >= 4 is 17.8 Å². The lowest BCUT2D eigenvalue weighted by molar-refractivity contribution is -0.121. The summed E-state index contributed by atoms with van der Waals surface area (Å²) in [5.41, 5.74) is 6.78. The number of nitrogens with two attached hydrogens (primary N) is 1. The fourth-order valence-corrected chi connectivity index (χ4v) is 2.92. The van der Waals surface area contributed by atoms with Gasteiger partial charge in [0.1, 0.15) is 11.7 Å². The Morgan fingerprint density at radius 2 is 2.04 bits per heavy atom. The molecular weight excluding hydrogens is 302 g/mol. The Kier molecular flexibility index (Phi) is 4.74. The van der Waals surface area contributed by atoms with Crippen LogP contribution >= 0.6 is 0 Å².